The molecular weight excluding hydrogens is 350 g/mol. The highest BCUT2D eigenvalue weighted by Gasteiger charge is 2.37. The number of carbonyl (C=O) groups excluding carboxylic acids is 1. The topological polar surface area (TPSA) is 78.5 Å². The first-order valence-corrected chi connectivity index (χ1v) is 9.42. The molecule has 6 nitrogen and oxygen atoms in total. The Morgan fingerprint density at radius 2 is 1.96 bits per heavy atom. The quantitative estimate of drug-likeness (QED) is 0.787. The van der Waals surface area contributed by atoms with E-state index < -0.39 is 16.1 Å². The van der Waals surface area contributed by atoms with E-state index in [1.165, 1.54) is 4.31 Å². The number of piperidine rings is 1. The van der Waals surface area contributed by atoms with Crippen molar-refractivity contribution in [1.82, 2.24) is 14.9 Å². The van der Waals surface area contributed by atoms with Gasteiger partial charge in [-0.1, -0.05) is 24.6 Å². The Kier molecular flexibility index (Phi) is 8.15. The molecule has 2 unspecified atom stereocenters. The third-order valence-corrected chi connectivity index (χ3v) is 6.10. The van der Waals surface area contributed by atoms with Gasteiger partial charge in [0.25, 0.3) is 0 Å². The Labute approximate surface area is 150 Å². The molecule has 1 fully saturated rings. The van der Waals surface area contributed by atoms with Crippen molar-refractivity contribution < 1.29 is 13.2 Å². The highest BCUT2D eigenvalue weighted by molar-refractivity contribution is 7.89. The van der Waals surface area contributed by atoms with Gasteiger partial charge in [0.15, 0.2) is 0 Å². The zero-order valence-electron chi connectivity index (χ0n) is 14.1. The van der Waals surface area contributed by atoms with Crippen LogP contribution < -0.4 is 10.6 Å². The predicted molar refractivity (Wildman–Crippen MR) is 96.8 cm³/mol. The largest absolute Gasteiger partial charge is 0.353 e. The summed E-state index contributed by atoms with van der Waals surface area (Å²) >= 11 is 0. The molecule has 1 aromatic rings. The molecule has 0 aromatic heterocycles. The van der Waals surface area contributed by atoms with Gasteiger partial charge in [-0.3, -0.25) is 4.79 Å². The van der Waals surface area contributed by atoms with Crippen molar-refractivity contribution in [2.45, 2.75) is 43.2 Å². The second-order valence-corrected chi connectivity index (χ2v) is 7.77. The van der Waals surface area contributed by atoms with Crippen LogP contribution >= 0.6 is 12.4 Å². The van der Waals surface area contributed by atoms with Crippen molar-refractivity contribution in [3.8, 4) is 0 Å². The number of halogens is 1. The number of nitrogens with one attached hydrogen (secondary N) is 2. The van der Waals surface area contributed by atoms with E-state index in [0.29, 0.717) is 19.5 Å². The first-order chi connectivity index (χ1) is 11.0. The smallest absolute Gasteiger partial charge is 0.243 e. The maximum Gasteiger partial charge on any atom is 0.243 e. The third kappa shape index (κ3) is 4.92. The van der Waals surface area contributed by atoms with E-state index >= 15 is 0 Å². The number of rotatable bonds is 6. The highest BCUT2D eigenvalue weighted by atomic mass is 35.5. The molecule has 1 amide bonds. The number of nitrogens with zero attached hydrogens (tertiary/aromatic N) is 1. The summed E-state index contributed by atoms with van der Waals surface area (Å²) in [5.74, 6) is -0.216. The normalized spacial score (nSPS) is 20.0. The highest BCUT2D eigenvalue weighted by Crippen LogP contribution is 2.25. The fourth-order valence-electron chi connectivity index (χ4n) is 2.66. The molecule has 136 valence electrons. The lowest BCUT2D eigenvalue weighted by Gasteiger charge is -2.33. The number of hydrogen-bond acceptors (Lipinski definition) is 4. The van der Waals surface area contributed by atoms with E-state index in [1.807, 2.05) is 14.0 Å². The Morgan fingerprint density at radius 3 is 2.58 bits per heavy atom. The monoisotopic (exact) mass is 375 g/mol. The third-order valence-electron chi connectivity index (χ3n) is 4.18. The zero-order valence-corrected chi connectivity index (χ0v) is 15.7. The lowest BCUT2D eigenvalue weighted by atomic mass is 10.0. The zero-order chi connectivity index (χ0) is 16.9. The molecule has 2 rings (SSSR count). The lowest BCUT2D eigenvalue weighted by Crippen LogP contribution is -2.53. The van der Waals surface area contributed by atoms with Crippen molar-refractivity contribution in [3.63, 3.8) is 0 Å². The maximum atomic E-state index is 12.8. The maximum absolute atomic E-state index is 12.8. The van der Waals surface area contributed by atoms with Gasteiger partial charge >= 0.3 is 0 Å². The minimum atomic E-state index is -3.64. The lowest BCUT2D eigenvalue weighted by molar-refractivity contribution is -0.125. The van der Waals surface area contributed by atoms with E-state index in [-0.39, 0.29) is 29.3 Å². The van der Waals surface area contributed by atoms with Crippen LogP contribution in [0.15, 0.2) is 35.2 Å². The van der Waals surface area contributed by atoms with Crippen LogP contribution in [-0.2, 0) is 14.8 Å². The second-order valence-electron chi connectivity index (χ2n) is 5.88. The minimum Gasteiger partial charge on any atom is -0.353 e. The Balaban J connectivity index is 0.00000288. The Bertz CT molecular complexity index is 625. The summed E-state index contributed by atoms with van der Waals surface area (Å²) in [6.45, 7) is 2.82. The molecule has 0 radical (unpaired) electrons. The summed E-state index contributed by atoms with van der Waals surface area (Å²) in [7, 11) is -1.82. The van der Waals surface area contributed by atoms with Gasteiger partial charge in [-0.25, -0.2) is 8.42 Å². The van der Waals surface area contributed by atoms with Gasteiger partial charge in [-0.15, -0.1) is 12.4 Å². The molecule has 2 N–H and O–H groups in total. The van der Waals surface area contributed by atoms with Crippen molar-refractivity contribution in [3.05, 3.63) is 30.3 Å². The fourth-order valence-corrected chi connectivity index (χ4v) is 4.33. The number of likely N-dealkylation sites (N-methyl/N-ethyl adjacent to an activating group) is 1. The van der Waals surface area contributed by atoms with E-state index in [2.05, 4.69) is 10.6 Å². The molecule has 0 spiro atoms. The Hall–Kier alpha value is -1.15. The molecule has 1 aromatic carbocycles. The number of carbonyl (C=O) groups is 1. The van der Waals surface area contributed by atoms with Crippen LogP contribution in [0.5, 0.6) is 0 Å². The first-order valence-electron chi connectivity index (χ1n) is 7.98. The average molecular weight is 376 g/mol. The standard InChI is InChI=1S/C16H25N3O3S.ClH/c1-13(17-2)12-18-16(20)15-10-6-7-11-19(15)23(21,22)14-8-4-3-5-9-14;/h3-5,8-9,13,15,17H,6-7,10-12H2,1-2H3,(H,18,20);1H. The molecule has 1 saturated heterocycles. The van der Waals surface area contributed by atoms with E-state index in [4.69, 9.17) is 0 Å². The van der Waals surface area contributed by atoms with E-state index in [9.17, 15) is 13.2 Å². The Morgan fingerprint density at radius 1 is 1.29 bits per heavy atom. The minimum absolute atomic E-state index is 0. The first kappa shape index (κ1) is 20.9. The van der Waals surface area contributed by atoms with Crippen molar-refractivity contribution in [2.24, 2.45) is 0 Å². The van der Waals surface area contributed by atoms with Crippen molar-refractivity contribution in [1.29, 1.82) is 0 Å². The molecule has 24 heavy (non-hydrogen) atoms. The van der Waals surface area contributed by atoms with Gasteiger partial charge in [0, 0.05) is 19.1 Å². The molecular formula is C16H26ClN3O3S. The van der Waals surface area contributed by atoms with Gasteiger partial charge in [-0.05, 0) is 38.9 Å². The molecule has 0 bridgehead atoms. The number of benzene rings is 1. The summed E-state index contributed by atoms with van der Waals surface area (Å²) in [5, 5.41) is 5.89. The van der Waals surface area contributed by atoms with Crippen molar-refractivity contribution in [2.75, 3.05) is 20.1 Å². The molecule has 1 heterocycles. The van der Waals surface area contributed by atoms with Crippen LogP contribution in [0.25, 0.3) is 0 Å². The van der Waals surface area contributed by atoms with Crippen LogP contribution in [0.3, 0.4) is 0 Å². The van der Waals surface area contributed by atoms with Crippen LogP contribution in [0, 0.1) is 0 Å². The summed E-state index contributed by atoms with van der Waals surface area (Å²) in [5.41, 5.74) is 0. The van der Waals surface area contributed by atoms with Crippen LogP contribution in [0.4, 0.5) is 0 Å². The molecule has 2 atom stereocenters. The van der Waals surface area contributed by atoms with Gasteiger partial charge in [0.2, 0.25) is 15.9 Å². The number of hydrogen-bond donors (Lipinski definition) is 2. The fraction of sp³-hybridized carbons (Fsp3) is 0.562. The molecule has 1 aliphatic heterocycles. The van der Waals surface area contributed by atoms with Gasteiger partial charge in [0.1, 0.15) is 6.04 Å². The molecule has 8 heteroatoms. The number of sulfonamides is 1. The van der Waals surface area contributed by atoms with E-state index in [0.717, 1.165) is 12.8 Å². The molecule has 0 saturated carbocycles. The average Bonchev–Trinajstić information content (AvgIpc) is 2.60. The second kappa shape index (κ2) is 9.36. The van der Waals surface area contributed by atoms with Crippen LogP contribution in [-0.4, -0.2) is 50.9 Å². The van der Waals surface area contributed by atoms with Gasteiger partial charge in [0.05, 0.1) is 4.90 Å². The van der Waals surface area contributed by atoms with E-state index in [1.54, 1.807) is 30.3 Å². The van der Waals surface area contributed by atoms with Crippen LogP contribution in [0.1, 0.15) is 26.2 Å². The molecule has 0 aliphatic carbocycles. The predicted octanol–water partition coefficient (Wildman–Crippen LogP) is 1.38. The SMILES string of the molecule is CNC(C)CNC(=O)C1CCCCN1S(=O)(=O)c1ccccc1.Cl. The number of amides is 1. The summed E-state index contributed by atoms with van der Waals surface area (Å²) < 4.78 is 27.0. The molecule has 1 aliphatic rings. The van der Waals surface area contributed by atoms with Crippen molar-refractivity contribution >= 4 is 28.3 Å². The van der Waals surface area contributed by atoms with Gasteiger partial charge in [-0.2, -0.15) is 4.31 Å². The summed E-state index contributed by atoms with van der Waals surface area (Å²) in [6.07, 6.45) is 2.20. The summed E-state index contributed by atoms with van der Waals surface area (Å²) in [4.78, 5) is 12.7. The van der Waals surface area contributed by atoms with Gasteiger partial charge < -0.3 is 10.6 Å². The van der Waals surface area contributed by atoms with Crippen LogP contribution in [0.2, 0.25) is 0 Å². The summed E-state index contributed by atoms with van der Waals surface area (Å²) in [6, 6.07) is 7.82.